The summed E-state index contributed by atoms with van der Waals surface area (Å²) in [5.74, 6) is 1.57. The van der Waals surface area contributed by atoms with Crippen molar-refractivity contribution in [3.8, 4) is 0 Å². The minimum atomic E-state index is -0.406. The van der Waals surface area contributed by atoms with Crippen LogP contribution in [0.2, 0.25) is 0 Å². The fraction of sp³-hybridized carbons (Fsp3) is 0.450. The first kappa shape index (κ1) is 20.4. The Kier molecular flexibility index (Phi) is 6.39. The zero-order valence-electron chi connectivity index (χ0n) is 16.5. The lowest BCUT2D eigenvalue weighted by Crippen LogP contribution is -2.46. The molecule has 1 aliphatic carbocycles. The molecule has 150 valence electrons. The van der Waals surface area contributed by atoms with Crippen LogP contribution in [0.5, 0.6) is 0 Å². The maximum Gasteiger partial charge on any atom is 0.319 e. The van der Waals surface area contributed by atoms with Crippen LogP contribution in [0.3, 0.4) is 0 Å². The highest BCUT2D eigenvalue weighted by molar-refractivity contribution is 9.10. The highest BCUT2D eigenvalue weighted by Gasteiger charge is 2.29. The van der Waals surface area contributed by atoms with Crippen molar-refractivity contribution in [1.29, 1.82) is 0 Å². The third kappa shape index (κ3) is 4.73. The number of carbonyl (C=O) groups excluding carboxylic acids is 1. The second-order valence-electron chi connectivity index (χ2n) is 7.43. The van der Waals surface area contributed by atoms with E-state index in [2.05, 4.69) is 31.2 Å². The lowest BCUT2D eigenvalue weighted by molar-refractivity contribution is 0.248. The molecule has 1 aliphatic rings. The highest BCUT2D eigenvalue weighted by atomic mass is 79.9. The molecule has 3 N–H and O–H groups in total. The molecule has 1 aromatic heterocycles. The molecule has 1 fully saturated rings. The molecule has 0 atom stereocenters. The molecular weight excluding hydrogens is 420 g/mol. The van der Waals surface area contributed by atoms with E-state index in [1.807, 2.05) is 56.4 Å². The fourth-order valence-corrected chi connectivity index (χ4v) is 4.00. The van der Waals surface area contributed by atoms with Gasteiger partial charge in [-0.15, -0.1) is 0 Å². The molecule has 0 unspecified atom stereocenters. The molecule has 2 aromatic rings. The first-order valence-electron chi connectivity index (χ1n) is 9.47. The molecule has 1 saturated carbocycles. The quantitative estimate of drug-likeness (QED) is 0.726. The summed E-state index contributed by atoms with van der Waals surface area (Å²) in [6.07, 6.45) is 5.46. The van der Waals surface area contributed by atoms with Crippen LogP contribution in [-0.4, -0.2) is 42.2 Å². The predicted octanol–water partition coefficient (Wildman–Crippen LogP) is 3.92. The highest BCUT2D eigenvalue weighted by Crippen LogP contribution is 2.29. The van der Waals surface area contributed by atoms with Crippen LogP contribution in [-0.2, 0) is 0 Å². The van der Waals surface area contributed by atoms with Gasteiger partial charge < -0.3 is 16.0 Å². The number of nitrogens with zero attached hydrogens (tertiary/aromatic N) is 4. The number of nitrogens with two attached hydrogens (primary N) is 1. The monoisotopic (exact) mass is 446 g/mol. The van der Waals surface area contributed by atoms with Crippen molar-refractivity contribution in [1.82, 2.24) is 9.97 Å². The van der Waals surface area contributed by atoms with Gasteiger partial charge >= 0.3 is 6.03 Å². The first-order chi connectivity index (χ1) is 13.3. The van der Waals surface area contributed by atoms with Gasteiger partial charge in [0.15, 0.2) is 0 Å². The molecule has 7 nitrogen and oxygen atoms in total. The molecule has 8 heteroatoms. The van der Waals surface area contributed by atoms with Gasteiger partial charge in [-0.25, -0.2) is 9.78 Å². The zero-order chi connectivity index (χ0) is 20.3. The van der Waals surface area contributed by atoms with Crippen molar-refractivity contribution in [2.24, 2.45) is 5.73 Å². The third-order valence-electron chi connectivity index (χ3n) is 5.11. The van der Waals surface area contributed by atoms with Gasteiger partial charge in [-0.2, -0.15) is 4.98 Å². The lowest BCUT2D eigenvalue weighted by atomic mass is 9.90. The van der Waals surface area contributed by atoms with Crippen LogP contribution < -0.4 is 20.9 Å². The van der Waals surface area contributed by atoms with Gasteiger partial charge in [-0.1, -0.05) is 15.9 Å². The number of benzene rings is 1. The zero-order valence-corrected chi connectivity index (χ0v) is 18.1. The van der Waals surface area contributed by atoms with Gasteiger partial charge in [0.05, 0.1) is 0 Å². The maximum atomic E-state index is 12.1. The number of aryl methyl sites for hydroxylation is 1. The number of aromatic nitrogens is 2. The summed E-state index contributed by atoms with van der Waals surface area (Å²) < 4.78 is 0.976. The Labute approximate surface area is 174 Å². The van der Waals surface area contributed by atoms with Crippen LogP contribution >= 0.6 is 15.9 Å². The van der Waals surface area contributed by atoms with Crippen LogP contribution in [0.15, 0.2) is 34.9 Å². The number of carbonyl (C=O) groups is 1. The van der Waals surface area contributed by atoms with Crippen molar-refractivity contribution in [3.05, 3.63) is 40.5 Å². The van der Waals surface area contributed by atoms with E-state index in [-0.39, 0.29) is 12.1 Å². The topological polar surface area (TPSA) is 87.4 Å². The number of hydrogen-bond donors (Lipinski definition) is 2. The summed E-state index contributed by atoms with van der Waals surface area (Å²) in [5.41, 5.74) is 7.57. The summed E-state index contributed by atoms with van der Waals surface area (Å²) in [6, 6.07) is 7.67. The molecule has 1 heterocycles. The van der Waals surface area contributed by atoms with E-state index in [1.165, 1.54) is 0 Å². The van der Waals surface area contributed by atoms with Gasteiger partial charge in [0, 0.05) is 48.1 Å². The average Bonchev–Trinajstić information content (AvgIpc) is 2.66. The molecule has 0 saturated heterocycles. The Morgan fingerprint density at radius 1 is 1.18 bits per heavy atom. The number of amides is 2. The minimum Gasteiger partial charge on any atom is -0.362 e. The largest absolute Gasteiger partial charge is 0.362 e. The lowest BCUT2D eigenvalue weighted by Gasteiger charge is -2.36. The Bertz CT molecular complexity index is 818. The van der Waals surface area contributed by atoms with Crippen molar-refractivity contribution >= 4 is 39.4 Å². The number of rotatable bonds is 5. The number of urea groups is 1. The van der Waals surface area contributed by atoms with Crippen molar-refractivity contribution in [3.63, 3.8) is 0 Å². The molecule has 0 spiro atoms. The molecule has 0 radical (unpaired) electrons. The van der Waals surface area contributed by atoms with Gasteiger partial charge in [0.2, 0.25) is 5.95 Å². The number of anilines is 3. The SMILES string of the molecule is Cc1cnc(N[C@H]2CC[C@@H](N(C(N)=O)c3ccc(Br)cc3)CC2)nc1N(C)C. The molecular formula is C20H27BrN6O. The molecule has 3 rings (SSSR count). The van der Waals surface area contributed by atoms with E-state index < -0.39 is 6.03 Å². The Balaban J connectivity index is 1.64. The van der Waals surface area contributed by atoms with Gasteiger partial charge in [-0.05, 0) is 56.9 Å². The summed E-state index contributed by atoms with van der Waals surface area (Å²) in [7, 11) is 3.95. The van der Waals surface area contributed by atoms with Gasteiger partial charge in [-0.3, -0.25) is 4.90 Å². The molecule has 2 amide bonds. The van der Waals surface area contributed by atoms with Crippen LogP contribution in [0.25, 0.3) is 0 Å². The van der Waals surface area contributed by atoms with E-state index in [1.54, 1.807) is 4.90 Å². The maximum absolute atomic E-state index is 12.1. The number of primary amides is 1. The van der Waals surface area contributed by atoms with Crippen LogP contribution in [0, 0.1) is 6.92 Å². The number of hydrogen-bond acceptors (Lipinski definition) is 5. The summed E-state index contributed by atoms with van der Waals surface area (Å²) >= 11 is 3.43. The Morgan fingerprint density at radius 3 is 2.39 bits per heavy atom. The molecule has 0 bridgehead atoms. The molecule has 0 aliphatic heterocycles. The minimum absolute atomic E-state index is 0.105. The summed E-state index contributed by atoms with van der Waals surface area (Å²) in [4.78, 5) is 24.8. The van der Waals surface area contributed by atoms with E-state index in [0.29, 0.717) is 5.95 Å². The van der Waals surface area contributed by atoms with E-state index in [9.17, 15) is 4.79 Å². The third-order valence-corrected chi connectivity index (χ3v) is 5.63. The molecule has 28 heavy (non-hydrogen) atoms. The van der Waals surface area contributed by atoms with E-state index in [0.717, 1.165) is 47.2 Å². The van der Waals surface area contributed by atoms with Crippen molar-refractivity contribution in [2.75, 3.05) is 29.2 Å². The number of halogens is 1. The second-order valence-corrected chi connectivity index (χ2v) is 8.34. The Morgan fingerprint density at radius 2 is 1.82 bits per heavy atom. The second kappa shape index (κ2) is 8.77. The number of nitrogens with one attached hydrogen (secondary N) is 1. The van der Waals surface area contributed by atoms with Crippen LogP contribution in [0.4, 0.5) is 22.2 Å². The standard InChI is InChI=1S/C20H27BrN6O/c1-13-12-23-20(25-18(13)26(2)3)24-15-6-10-17(11-7-15)27(19(22)28)16-8-4-14(21)5-9-16/h4-5,8-9,12,15,17H,6-7,10-11H2,1-3H3,(H2,22,28)(H,23,24,25)/t15-,17+. The molecule has 1 aromatic carbocycles. The smallest absolute Gasteiger partial charge is 0.319 e. The first-order valence-corrected chi connectivity index (χ1v) is 10.3. The van der Waals surface area contributed by atoms with Crippen molar-refractivity contribution in [2.45, 2.75) is 44.7 Å². The van der Waals surface area contributed by atoms with Crippen LogP contribution in [0.1, 0.15) is 31.2 Å². The Hall–Kier alpha value is -2.35. The fourth-order valence-electron chi connectivity index (χ4n) is 3.74. The van der Waals surface area contributed by atoms with E-state index in [4.69, 9.17) is 5.73 Å². The van der Waals surface area contributed by atoms with Gasteiger partial charge in [0.25, 0.3) is 0 Å². The van der Waals surface area contributed by atoms with E-state index >= 15 is 0 Å². The summed E-state index contributed by atoms with van der Waals surface area (Å²) in [5, 5.41) is 3.45. The van der Waals surface area contributed by atoms with Gasteiger partial charge in [0.1, 0.15) is 5.82 Å². The summed E-state index contributed by atoms with van der Waals surface area (Å²) in [6.45, 7) is 2.00. The van der Waals surface area contributed by atoms with Crippen molar-refractivity contribution < 1.29 is 4.79 Å². The predicted molar refractivity (Wildman–Crippen MR) is 117 cm³/mol. The normalized spacial score (nSPS) is 19.1. The average molecular weight is 447 g/mol.